The van der Waals surface area contributed by atoms with Crippen molar-refractivity contribution < 1.29 is 28.6 Å². The lowest BCUT2D eigenvalue weighted by atomic mass is 10.1. The number of esters is 3. The van der Waals surface area contributed by atoms with E-state index in [2.05, 4.69) is 106 Å². The highest BCUT2D eigenvalue weighted by atomic mass is 16.6. The van der Waals surface area contributed by atoms with E-state index in [1.165, 1.54) is 116 Å². The van der Waals surface area contributed by atoms with E-state index in [1.807, 2.05) is 0 Å². The molecule has 66 heavy (non-hydrogen) atoms. The summed E-state index contributed by atoms with van der Waals surface area (Å²) in [6.07, 6.45) is 70.1. The quantitative estimate of drug-likeness (QED) is 0.0262. The van der Waals surface area contributed by atoms with Crippen molar-refractivity contribution in [1.82, 2.24) is 0 Å². The zero-order valence-electron chi connectivity index (χ0n) is 43.2. The van der Waals surface area contributed by atoms with Crippen molar-refractivity contribution >= 4 is 17.9 Å². The third-order valence-corrected chi connectivity index (χ3v) is 11.6. The van der Waals surface area contributed by atoms with Gasteiger partial charge in [0.1, 0.15) is 13.2 Å². The summed E-state index contributed by atoms with van der Waals surface area (Å²) in [5.41, 5.74) is 0. The van der Waals surface area contributed by atoms with Crippen LogP contribution in [0.25, 0.3) is 0 Å². The molecule has 0 aromatic carbocycles. The van der Waals surface area contributed by atoms with Gasteiger partial charge in [-0.05, 0) is 109 Å². The van der Waals surface area contributed by atoms with Gasteiger partial charge in [0.25, 0.3) is 0 Å². The first-order chi connectivity index (χ1) is 32.5. The van der Waals surface area contributed by atoms with Crippen LogP contribution in [0, 0.1) is 0 Å². The molecule has 0 heterocycles. The molecule has 0 fully saturated rings. The van der Waals surface area contributed by atoms with Crippen molar-refractivity contribution in [1.29, 1.82) is 0 Å². The van der Waals surface area contributed by atoms with Crippen molar-refractivity contribution in [3.05, 3.63) is 85.1 Å². The van der Waals surface area contributed by atoms with Crippen molar-refractivity contribution in [3.63, 3.8) is 0 Å². The minimum Gasteiger partial charge on any atom is -0.462 e. The lowest BCUT2D eigenvalue weighted by Gasteiger charge is -2.18. The Morgan fingerprint density at radius 2 is 0.606 bits per heavy atom. The van der Waals surface area contributed by atoms with E-state index >= 15 is 0 Å². The molecule has 0 aliphatic rings. The largest absolute Gasteiger partial charge is 0.462 e. The Hall–Kier alpha value is -3.41. The maximum absolute atomic E-state index is 12.8. The topological polar surface area (TPSA) is 78.9 Å². The third kappa shape index (κ3) is 51.6. The first kappa shape index (κ1) is 62.6. The molecule has 0 N–H and O–H groups in total. The normalized spacial score (nSPS) is 12.7. The van der Waals surface area contributed by atoms with Gasteiger partial charge in [-0.2, -0.15) is 0 Å². The predicted octanol–water partition coefficient (Wildman–Crippen LogP) is 18.4. The molecule has 0 spiro atoms. The molecule has 0 aliphatic heterocycles. The number of carbonyl (C=O) groups excluding carboxylic acids is 3. The predicted molar refractivity (Wildman–Crippen MR) is 284 cm³/mol. The zero-order valence-corrected chi connectivity index (χ0v) is 43.2. The monoisotopic (exact) mass is 919 g/mol. The van der Waals surface area contributed by atoms with Gasteiger partial charge in [-0.25, -0.2) is 0 Å². The smallest absolute Gasteiger partial charge is 0.306 e. The molecule has 0 radical (unpaired) electrons. The van der Waals surface area contributed by atoms with E-state index in [-0.39, 0.29) is 37.5 Å². The average molecular weight is 919 g/mol. The van der Waals surface area contributed by atoms with E-state index in [1.54, 1.807) is 0 Å². The molecule has 0 saturated carbocycles. The Bertz CT molecular complexity index is 1290. The molecule has 1 atom stereocenters. The Kier molecular flexibility index (Phi) is 51.4. The average Bonchev–Trinajstić information content (AvgIpc) is 3.31. The van der Waals surface area contributed by atoms with E-state index in [9.17, 15) is 14.4 Å². The number of ether oxygens (including phenoxy) is 3. The van der Waals surface area contributed by atoms with Gasteiger partial charge < -0.3 is 14.2 Å². The molecule has 0 aromatic rings. The van der Waals surface area contributed by atoms with Crippen LogP contribution in [0.1, 0.15) is 258 Å². The van der Waals surface area contributed by atoms with Crippen LogP contribution in [0.4, 0.5) is 0 Å². The SMILES string of the molecule is CC/C=C\C/C=C\CCCCCCCC(=O)OCC(COC(=O)CCCCCCCCC/C=C\CCCCCCCCCC)OC(=O)CCC/C=C\C/C=C\C/C=C\C/C=C\CCCCC. The van der Waals surface area contributed by atoms with Crippen molar-refractivity contribution in [2.24, 2.45) is 0 Å². The second-order valence-electron chi connectivity index (χ2n) is 18.1. The highest BCUT2D eigenvalue weighted by Crippen LogP contribution is 2.14. The van der Waals surface area contributed by atoms with Crippen LogP contribution in [-0.2, 0) is 28.6 Å². The Labute approximate surface area is 407 Å². The molecule has 0 rings (SSSR count). The first-order valence-corrected chi connectivity index (χ1v) is 27.6. The lowest BCUT2D eigenvalue weighted by Crippen LogP contribution is -2.30. The van der Waals surface area contributed by atoms with Crippen LogP contribution in [0.2, 0.25) is 0 Å². The van der Waals surface area contributed by atoms with Gasteiger partial charge >= 0.3 is 17.9 Å². The van der Waals surface area contributed by atoms with Crippen molar-refractivity contribution in [2.45, 2.75) is 264 Å². The molecule has 6 nitrogen and oxygen atoms in total. The molecule has 0 bridgehead atoms. The Morgan fingerprint density at radius 3 is 1.02 bits per heavy atom. The molecule has 378 valence electrons. The van der Waals surface area contributed by atoms with E-state index in [0.717, 1.165) is 96.3 Å². The van der Waals surface area contributed by atoms with E-state index in [4.69, 9.17) is 14.2 Å². The fourth-order valence-electron chi connectivity index (χ4n) is 7.47. The lowest BCUT2D eigenvalue weighted by molar-refractivity contribution is -0.167. The third-order valence-electron chi connectivity index (χ3n) is 11.6. The fourth-order valence-corrected chi connectivity index (χ4v) is 7.47. The highest BCUT2D eigenvalue weighted by Gasteiger charge is 2.19. The van der Waals surface area contributed by atoms with Gasteiger partial charge in [0.05, 0.1) is 0 Å². The number of unbranched alkanes of at least 4 members (excludes halogenated alkanes) is 24. The summed E-state index contributed by atoms with van der Waals surface area (Å²) >= 11 is 0. The zero-order chi connectivity index (χ0) is 47.9. The number of hydrogen-bond acceptors (Lipinski definition) is 6. The van der Waals surface area contributed by atoms with Gasteiger partial charge in [0, 0.05) is 19.3 Å². The molecular weight excluding hydrogens is 817 g/mol. The van der Waals surface area contributed by atoms with E-state index < -0.39 is 6.10 Å². The Balaban J connectivity index is 4.45. The minimum atomic E-state index is -0.813. The number of rotatable bonds is 49. The summed E-state index contributed by atoms with van der Waals surface area (Å²) in [6, 6.07) is 0. The summed E-state index contributed by atoms with van der Waals surface area (Å²) in [5, 5.41) is 0. The van der Waals surface area contributed by atoms with Crippen LogP contribution in [0.3, 0.4) is 0 Å². The van der Waals surface area contributed by atoms with Gasteiger partial charge in [0.15, 0.2) is 6.10 Å². The second kappa shape index (κ2) is 54.2. The molecule has 0 aromatic heterocycles. The van der Waals surface area contributed by atoms with Crippen molar-refractivity contribution in [2.75, 3.05) is 13.2 Å². The summed E-state index contributed by atoms with van der Waals surface area (Å²) < 4.78 is 16.8. The first-order valence-electron chi connectivity index (χ1n) is 27.6. The second-order valence-corrected chi connectivity index (χ2v) is 18.1. The van der Waals surface area contributed by atoms with Crippen LogP contribution in [-0.4, -0.2) is 37.2 Å². The summed E-state index contributed by atoms with van der Waals surface area (Å²) in [7, 11) is 0. The van der Waals surface area contributed by atoms with Crippen LogP contribution >= 0.6 is 0 Å². The number of allylic oxidation sites excluding steroid dienone is 14. The highest BCUT2D eigenvalue weighted by molar-refractivity contribution is 5.71. The van der Waals surface area contributed by atoms with Crippen LogP contribution in [0.5, 0.6) is 0 Å². The fraction of sp³-hybridized carbons (Fsp3) is 0.717. The summed E-state index contributed by atoms with van der Waals surface area (Å²) in [4.78, 5) is 38.0. The van der Waals surface area contributed by atoms with Gasteiger partial charge in [0.2, 0.25) is 0 Å². The van der Waals surface area contributed by atoms with Crippen molar-refractivity contribution in [3.8, 4) is 0 Å². The minimum absolute atomic E-state index is 0.105. The number of hydrogen-bond donors (Lipinski definition) is 0. The maximum atomic E-state index is 12.8. The molecular formula is C60H102O6. The molecule has 0 saturated heterocycles. The number of carbonyl (C=O) groups is 3. The van der Waals surface area contributed by atoms with Crippen LogP contribution < -0.4 is 0 Å². The molecule has 1 unspecified atom stereocenters. The Morgan fingerprint density at radius 1 is 0.318 bits per heavy atom. The summed E-state index contributed by atoms with van der Waals surface area (Å²) in [5.74, 6) is -0.980. The molecule has 6 heteroatoms. The molecule has 0 amide bonds. The maximum Gasteiger partial charge on any atom is 0.306 e. The summed E-state index contributed by atoms with van der Waals surface area (Å²) in [6.45, 7) is 6.44. The molecule has 0 aliphatic carbocycles. The van der Waals surface area contributed by atoms with Gasteiger partial charge in [-0.3, -0.25) is 14.4 Å². The van der Waals surface area contributed by atoms with E-state index in [0.29, 0.717) is 19.3 Å². The van der Waals surface area contributed by atoms with Gasteiger partial charge in [-0.1, -0.05) is 215 Å². The standard InChI is InChI=1S/C60H102O6/c1-4-7-10-13-16-19-22-25-27-29-30-32-33-35-38-41-44-47-50-53-59(62)65-56-57(55-64-58(61)52-49-46-43-40-37-24-21-18-15-12-9-6-3)66-60(63)54-51-48-45-42-39-36-34-31-28-26-23-20-17-14-11-8-5-2/h9,12,17-18,20-21,26,28-30,34,36,42,45,57H,4-8,10-11,13-16,19,22-25,27,31-33,35,37-41,43-44,46-56H2,1-3H3/b12-9-,20-17-,21-18-,28-26-,30-29-,36-34-,45-42-. The van der Waals surface area contributed by atoms with Gasteiger partial charge in [-0.15, -0.1) is 0 Å². The van der Waals surface area contributed by atoms with Crippen LogP contribution in [0.15, 0.2) is 85.1 Å².